The summed E-state index contributed by atoms with van der Waals surface area (Å²) in [6, 6.07) is 0. The van der Waals surface area contributed by atoms with Crippen LogP contribution in [0.2, 0.25) is 0 Å². The molecule has 1 N–H and O–H groups in total. The van der Waals surface area contributed by atoms with E-state index in [9.17, 15) is 4.79 Å². The van der Waals surface area contributed by atoms with E-state index < -0.39 is 0 Å². The molecular formula is C15H28N2O2. The lowest BCUT2D eigenvalue weighted by molar-refractivity contribution is -0.153. The van der Waals surface area contributed by atoms with E-state index in [0.29, 0.717) is 18.4 Å². The van der Waals surface area contributed by atoms with Crippen LogP contribution in [0.25, 0.3) is 0 Å². The Bertz CT molecular complexity index is 278. The largest absolute Gasteiger partial charge is 0.461 e. The summed E-state index contributed by atoms with van der Waals surface area (Å²) in [4.78, 5) is 14.2. The predicted octanol–water partition coefficient (Wildman–Crippen LogP) is 1.65. The van der Waals surface area contributed by atoms with Crippen molar-refractivity contribution in [1.29, 1.82) is 0 Å². The highest BCUT2D eigenvalue weighted by molar-refractivity contribution is 5.71. The number of hydrogen-bond acceptors (Lipinski definition) is 4. The van der Waals surface area contributed by atoms with Gasteiger partial charge in [-0.1, -0.05) is 13.8 Å². The van der Waals surface area contributed by atoms with Crippen LogP contribution in [-0.2, 0) is 9.53 Å². The van der Waals surface area contributed by atoms with Gasteiger partial charge >= 0.3 is 5.97 Å². The first kappa shape index (κ1) is 14.8. The van der Waals surface area contributed by atoms with Gasteiger partial charge in [0, 0.05) is 13.1 Å². The lowest BCUT2D eigenvalue weighted by Gasteiger charge is -2.31. The first-order valence-corrected chi connectivity index (χ1v) is 7.76. The van der Waals surface area contributed by atoms with Crippen LogP contribution in [-0.4, -0.2) is 49.7 Å². The fraction of sp³-hybridized carbons (Fsp3) is 0.933. The van der Waals surface area contributed by atoms with Crippen LogP contribution in [0, 0.1) is 11.8 Å². The van der Waals surface area contributed by atoms with Gasteiger partial charge in [0.15, 0.2) is 0 Å². The summed E-state index contributed by atoms with van der Waals surface area (Å²) in [6.45, 7) is 8.97. The number of esters is 1. The summed E-state index contributed by atoms with van der Waals surface area (Å²) >= 11 is 0. The minimum Gasteiger partial charge on any atom is -0.461 e. The normalized spacial score (nSPS) is 33.7. The molecule has 2 rings (SSSR count). The molecule has 2 atom stereocenters. The average Bonchev–Trinajstić information content (AvgIpc) is 2.55. The third-order valence-corrected chi connectivity index (χ3v) is 4.22. The Balaban J connectivity index is 1.73. The van der Waals surface area contributed by atoms with Crippen LogP contribution in [0.15, 0.2) is 0 Å². The van der Waals surface area contributed by atoms with E-state index in [1.165, 1.54) is 6.42 Å². The van der Waals surface area contributed by atoms with Gasteiger partial charge in [-0.2, -0.15) is 0 Å². The highest BCUT2D eigenvalue weighted by Gasteiger charge is 2.27. The molecule has 2 unspecified atom stereocenters. The summed E-state index contributed by atoms with van der Waals surface area (Å²) in [5.74, 6) is 1.33. The van der Waals surface area contributed by atoms with E-state index in [0.717, 1.165) is 45.4 Å². The zero-order valence-electron chi connectivity index (χ0n) is 12.4. The smallest absolute Gasteiger partial charge is 0.320 e. The number of ether oxygens (including phenoxy) is 1. The number of hydrogen-bond donors (Lipinski definition) is 1. The van der Waals surface area contributed by atoms with Gasteiger partial charge in [0.25, 0.3) is 0 Å². The molecule has 0 spiro atoms. The number of nitrogens with zero attached hydrogens (tertiary/aromatic N) is 1. The molecule has 0 aromatic heterocycles. The third kappa shape index (κ3) is 5.11. The van der Waals surface area contributed by atoms with Gasteiger partial charge in [0.05, 0.1) is 6.54 Å². The van der Waals surface area contributed by atoms with Crippen molar-refractivity contribution in [2.24, 2.45) is 11.8 Å². The molecule has 0 aromatic rings. The maximum atomic E-state index is 12.0. The first-order valence-electron chi connectivity index (χ1n) is 7.76. The molecule has 4 heteroatoms. The van der Waals surface area contributed by atoms with Gasteiger partial charge in [-0.25, -0.2) is 0 Å². The van der Waals surface area contributed by atoms with E-state index in [1.54, 1.807) is 0 Å². The fourth-order valence-electron chi connectivity index (χ4n) is 3.43. The Morgan fingerprint density at radius 2 is 1.89 bits per heavy atom. The van der Waals surface area contributed by atoms with Crippen molar-refractivity contribution >= 4 is 5.97 Å². The van der Waals surface area contributed by atoms with Gasteiger partial charge in [0.2, 0.25) is 0 Å². The van der Waals surface area contributed by atoms with Crippen molar-refractivity contribution in [1.82, 2.24) is 10.2 Å². The predicted molar refractivity (Wildman–Crippen MR) is 76.0 cm³/mol. The SMILES string of the molecule is CC1CC(C)CC(OC(=O)CN2CCCNCC2)C1. The first-order chi connectivity index (χ1) is 9.13. The molecule has 0 radical (unpaired) electrons. The second kappa shape index (κ2) is 7.25. The molecule has 0 aromatic carbocycles. The zero-order chi connectivity index (χ0) is 13.7. The van der Waals surface area contributed by atoms with Crippen LogP contribution in [0.5, 0.6) is 0 Å². The maximum Gasteiger partial charge on any atom is 0.320 e. The number of rotatable bonds is 3. The Kier molecular flexibility index (Phi) is 5.64. The van der Waals surface area contributed by atoms with E-state index >= 15 is 0 Å². The highest BCUT2D eigenvalue weighted by atomic mass is 16.5. The molecule has 1 aliphatic heterocycles. The molecule has 19 heavy (non-hydrogen) atoms. The molecule has 1 saturated heterocycles. The molecule has 4 nitrogen and oxygen atoms in total. The van der Waals surface area contributed by atoms with Gasteiger partial charge in [-0.05, 0) is 50.6 Å². The van der Waals surface area contributed by atoms with Crippen LogP contribution < -0.4 is 5.32 Å². The van der Waals surface area contributed by atoms with Crippen molar-refractivity contribution in [2.75, 3.05) is 32.7 Å². The summed E-state index contributed by atoms with van der Waals surface area (Å²) in [6.07, 6.45) is 4.61. The topological polar surface area (TPSA) is 41.6 Å². The Morgan fingerprint density at radius 3 is 2.63 bits per heavy atom. The summed E-state index contributed by atoms with van der Waals surface area (Å²) in [7, 11) is 0. The Labute approximate surface area is 116 Å². The fourth-order valence-corrected chi connectivity index (χ4v) is 3.43. The van der Waals surface area contributed by atoms with E-state index in [-0.39, 0.29) is 12.1 Å². The number of carbonyl (C=O) groups is 1. The summed E-state index contributed by atoms with van der Waals surface area (Å²) in [5.41, 5.74) is 0. The lowest BCUT2D eigenvalue weighted by atomic mass is 9.82. The minimum atomic E-state index is -0.0341. The minimum absolute atomic E-state index is 0.0341. The van der Waals surface area contributed by atoms with Crippen molar-refractivity contribution < 1.29 is 9.53 Å². The van der Waals surface area contributed by atoms with Crippen molar-refractivity contribution in [3.8, 4) is 0 Å². The molecule has 1 saturated carbocycles. The third-order valence-electron chi connectivity index (χ3n) is 4.22. The molecule has 2 aliphatic rings. The van der Waals surface area contributed by atoms with E-state index in [1.807, 2.05) is 0 Å². The standard InChI is InChI=1S/C15H28N2O2/c1-12-8-13(2)10-14(9-12)19-15(18)11-17-6-3-4-16-5-7-17/h12-14,16H,3-11H2,1-2H3. The quantitative estimate of drug-likeness (QED) is 0.790. The summed E-state index contributed by atoms with van der Waals surface area (Å²) in [5, 5.41) is 3.35. The number of nitrogens with one attached hydrogen (secondary N) is 1. The number of carbonyl (C=O) groups excluding carboxylic acids is 1. The van der Waals surface area contributed by atoms with Gasteiger partial charge < -0.3 is 10.1 Å². The molecule has 0 bridgehead atoms. The average molecular weight is 268 g/mol. The van der Waals surface area contributed by atoms with Gasteiger partial charge in [0.1, 0.15) is 6.10 Å². The van der Waals surface area contributed by atoms with Crippen LogP contribution >= 0.6 is 0 Å². The molecule has 1 heterocycles. The zero-order valence-corrected chi connectivity index (χ0v) is 12.4. The molecule has 1 aliphatic carbocycles. The van der Waals surface area contributed by atoms with Gasteiger partial charge in [-0.3, -0.25) is 9.69 Å². The monoisotopic (exact) mass is 268 g/mol. The second-order valence-electron chi connectivity index (χ2n) is 6.41. The highest BCUT2D eigenvalue weighted by Crippen LogP contribution is 2.30. The van der Waals surface area contributed by atoms with Crippen molar-refractivity contribution in [3.05, 3.63) is 0 Å². The second-order valence-corrected chi connectivity index (χ2v) is 6.41. The maximum absolute atomic E-state index is 12.0. The van der Waals surface area contributed by atoms with Crippen LogP contribution in [0.1, 0.15) is 39.5 Å². The molecule has 0 amide bonds. The molecular weight excluding hydrogens is 240 g/mol. The van der Waals surface area contributed by atoms with Crippen LogP contribution in [0.4, 0.5) is 0 Å². The van der Waals surface area contributed by atoms with Crippen molar-refractivity contribution in [3.63, 3.8) is 0 Å². The summed E-state index contributed by atoms with van der Waals surface area (Å²) < 4.78 is 5.67. The van der Waals surface area contributed by atoms with E-state index in [4.69, 9.17) is 4.74 Å². The lowest BCUT2D eigenvalue weighted by Crippen LogP contribution is -2.36. The Hall–Kier alpha value is -0.610. The van der Waals surface area contributed by atoms with Crippen molar-refractivity contribution in [2.45, 2.75) is 45.6 Å². The molecule has 2 fully saturated rings. The Morgan fingerprint density at radius 1 is 1.16 bits per heavy atom. The van der Waals surface area contributed by atoms with Crippen LogP contribution in [0.3, 0.4) is 0 Å². The van der Waals surface area contributed by atoms with E-state index in [2.05, 4.69) is 24.1 Å². The molecule has 110 valence electrons. The van der Waals surface area contributed by atoms with Gasteiger partial charge in [-0.15, -0.1) is 0 Å².